The lowest BCUT2D eigenvalue weighted by atomic mass is 9.73. The van der Waals surface area contributed by atoms with Crippen LogP contribution in [0.15, 0.2) is 18.2 Å². The summed E-state index contributed by atoms with van der Waals surface area (Å²) >= 11 is 0. The number of hydrogen-bond donors (Lipinski definition) is 0. The van der Waals surface area contributed by atoms with Gasteiger partial charge in [0, 0.05) is 19.1 Å². The van der Waals surface area contributed by atoms with Gasteiger partial charge in [0.25, 0.3) is 0 Å². The Balaban J connectivity index is 1.76. The lowest BCUT2D eigenvalue weighted by Gasteiger charge is -2.49. The van der Waals surface area contributed by atoms with E-state index >= 15 is 0 Å². The van der Waals surface area contributed by atoms with Crippen molar-refractivity contribution in [2.45, 2.75) is 63.1 Å². The van der Waals surface area contributed by atoms with Crippen molar-refractivity contribution in [3.8, 4) is 0 Å². The van der Waals surface area contributed by atoms with Gasteiger partial charge in [0.1, 0.15) is 5.82 Å². The van der Waals surface area contributed by atoms with Crippen LogP contribution < -0.4 is 0 Å². The van der Waals surface area contributed by atoms with Crippen LogP contribution in [-0.4, -0.2) is 19.0 Å². The Morgan fingerprint density at radius 2 is 2.04 bits per heavy atom. The molecule has 4 nitrogen and oxygen atoms in total. The Kier molecular flexibility index (Phi) is 3.72. The molecular formula is C18H23FO4. The third kappa shape index (κ3) is 2.25. The van der Waals surface area contributed by atoms with Crippen molar-refractivity contribution in [3.05, 3.63) is 35.1 Å². The standard InChI is InChI=1S/C18H23FO4/c1-12-11-14(19)6-7-15(12)18-10-8-13-5-3-4-9-17(13,22-23-18)16(20-2)21-18/h6-7,11,13,16H,3-5,8-10H2,1-2H3/t13-,16+,17+,18+/m1/s1. The molecule has 0 unspecified atom stereocenters. The fraction of sp³-hybridized carbons (Fsp3) is 0.667. The molecule has 0 radical (unpaired) electrons. The number of methoxy groups -OCH3 is 1. The monoisotopic (exact) mass is 322 g/mol. The van der Waals surface area contributed by atoms with Gasteiger partial charge in [-0.1, -0.05) is 18.9 Å². The van der Waals surface area contributed by atoms with Crippen LogP contribution in [0, 0.1) is 18.7 Å². The third-order valence-electron chi connectivity index (χ3n) is 5.72. The maximum Gasteiger partial charge on any atom is 0.230 e. The average molecular weight is 322 g/mol. The summed E-state index contributed by atoms with van der Waals surface area (Å²) in [6, 6.07) is 4.67. The molecule has 1 spiro atoms. The van der Waals surface area contributed by atoms with Gasteiger partial charge < -0.3 is 9.47 Å². The normalized spacial score (nSPS) is 39.8. The minimum Gasteiger partial charge on any atom is -0.353 e. The van der Waals surface area contributed by atoms with Crippen molar-refractivity contribution >= 4 is 0 Å². The number of fused-ring (bicyclic) bond motifs is 3. The minimum atomic E-state index is -1.01. The third-order valence-corrected chi connectivity index (χ3v) is 5.72. The van der Waals surface area contributed by atoms with E-state index in [1.54, 1.807) is 13.2 Å². The first-order chi connectivity index (χ1) is 11.1. The zero-order valence-electron chi connectivity index (χ0n) is 13.6. The summed E-state index contributed by atoms with van der Waals surface area (Å²) in [6.07, 6.45) is 5.45. The molecule has 3 aliphatic heterocycles. The number of hydrogen-bond acceptors (Lipinski definition) is 4. The molecule has 0 aromatic heterocycles. The van der Waals surface area contributed by atoms with Crippen LogP contribution in [0.1, 0.15) is 49.7 Å². The summed E-state index contributed by atoms with van der Waals surface area (Å²) < 4.78 is 25.5. The largest absolute Gasteiger partial charge is 0.353 e. The van der Waals surface area contributed by atoms with Crippen LogP contribution in [0.4, 0.5) is 4.39 Å². The summed E-state index contributed by atoms with van der Waals surface area (Å²) in [7, 11) is 1.65. The van der Waals surface area contributed by atoms with E-state index in [4.69, 9.17) is 19.2 Å². The highest BCUT2D eigenvalue weighted by atomic mass is 19.1. The summed E-state index contributed by atoms with van der Waals surface area (Å²) in [5.41, 5.74) is 1.10. The predicted octanol–water partition coefficient (Wildman–Crippen LogP) is 3.96. The maximum atomic E-state index is 13.5. The molecule has 1 aromatic rings. The molecule has 1 saturated carbocycles. The van der Waals surface area contributed by atoms with Crippen molar-refractivity contribution in [2.75, 3.05) is 7.11 Å². The highest BCUT2D eigenvalue weighted by Gasteiger charge is 2.62. The van der Waals surface area contributed by atoms with Crippen LogP contribution in [0.3, 0.4) is 0 Å². The van der Waals surface area contributed by atoms with Gasteiger partial charge in [-0.3, -0.25) is 0 Å². The number of halogens is 1. The highest BCUT2D eigenvalue weighted by molar-refractivity contribution is 5.31. The second-order valence-corrected chi connectivity index (χ2v) is 7.00. The maximum absolute atomic E-state index is 13.5. The topological polar surface area (TPSA) is 36.9 Å². The molecule has 4 aliphatic rings. The molecule has 3 saturated heterocycles. The fourth-order valence-electron chi connectivity index (χ4n) is 4.54. The van der Waals surface area contributed by atoms with Crippen LogP contribution in [0.5, 0.6) is 0 Å². The van der Waals surface area contributed by atoms with E-state index in [-0.39, 0.29) is 5.82 Å². The Hall–Kier alpha value is -1.01. The molecule has 3 heterocycles. The molecule has 126 valence electrons. The SMILES string of the molecule is CO[C@H]1O[C@@]2(c3ccc(F)cc3C)CC[C@H]3CCCC[C@]31OO2. The lowest BCUT2D eigenvalue weighted by Crippen LogP contribution is -2.59. The van der Waals surface area contributed by atoms with Crippen molar-refractivity contribution < 1.29 is 23.6 Å². The first-order valence-corrected chi connectivity index (χ1v) is 8.44. The van der Waals surface area contributed by atoms with Crippen molar-refractivity contribution in [1.29, 1.82) is 0 Å². The quantitative estimate of drug-likeness (QED) is 0.772. The van der Waals surface area contributed by atoms with E-state index in [2.05, 4.69) is 0 Å². The molecule has 0 N–H and O–H groups in total. The van der Waals surface area contributed by atoms with Crippen LogP contribution in [0.2, 0.25) is 0 Å². The zero-order chi connectivity index (χ0) is 16.1. The van der Waals surface area contributed by atoms with Crippen LogP contribution in [0.25, 0.3) is 0 Å². The van der Waals surface area contributed by atoms with E-state index in [1.807, 2.05) is 6.92 Å². The van der Waals surface area contributed by atoms with E-state index < -0.39 is 17.7 Å². The Labute approximate surface area is 135 Å². The van der Waals surface area contributed by atoms with Gasteiger partial charge in [-0.05, 0) is 49.8 Å². The van der Waals surface area contributed by atoms with Gasteiger partial charge in [-0.15, -0.1) is 0 Å². The average Bonchev–Trinajstić information content (AvgIpc) is 2.80. The molecule has 2 bridgehead atoms. The predicted molar refractivity (Wildman–Crippen MR) is 80.8 cm³/mol. The summed E-state index contributed by atoms with van der Waals surface area (Å²) in [5.74, 6) is -0.908. The molecule has 4 atom stereocenters. The molecule has 1 aromatic carbocycles. The van der Waals surface area contributed by atoms with Gasteiger partial charge in [0.15, 0.2) is 11.9 Å². The number of ether oxygens (including phenoxy) is 2. The summed E-state index contributed by atoms with van der Waals surface area (Å²) in [5, 5.41) is 0. The molecule has 23 heavy (non-hydrogen) atoms. The fourth-order valence-corrected chi connectivity index (χ4v) is 4.54. The highest BCUT2D eigenvalue weighted by Crippen LogP contribution is 2.55. The first kappa shape index (κ1) is 15.5. The van der Waals surface area contributed by atoms with Crippen molar-refractivity contribution in [2.24, 2.45) is 5.92 Å². The van der Waals surface area contributed by atoms with Gasteiger partial charge >= 0.3 is 0 Å². The Morgan fingerprint density at radius 1 is 1.17 bits per heavy atom. The van der Waals surface area contributed by atoms with Gasteiger partial charge in [0.2, 0.25) is 5.79 Å². The first-order valence-electron chi connectivity index (χ1n) is 8.44. The van der Waals surface area contributed by atoms with E-state index in [0.29, 0.717) is 12.3 Å². The zero-order valence-corrected chi connectivity index (χ0v) is 13.6. The van der Waals surface area contributed by atoms with Gasteiger partial charge in [-0.2, -0.15) is 4.89 Å². The minimum absolute atomic E-state index is 0.263. The molecule has 4 fully saturated rings. The summed E-state index contributed by atoms with van der Waals surface area (Å²) in [4.78, 5) is 11.9. The molecule has 1 aliphatic carbocycles. The molecule has 5 rings (SSSR count). The van der Waals surface area contributed by atoms with E-state index in [0.717, 1.165) is 36.8 Å². The Bertz CT molecular complexity index is 603. The smallest absolute Gasteiger partial charge is 0.230 e. The second kappa shape index (κ2) is 5.52. The second-order valence-electron chi connectivity index (χ2n) is 7.00. The van der Waals surface area contributed by atoms with Gasteiger partial charge in [0.05, 0.1) is 0 Å². The van der Waals surface area contributed by atoms with Crippen molar-refractivity contribution in [3.63, 3.8) is 0 Å². The van der Waals surface area contributed by atoms with Gasteiger partial charge in [-0.25, -0.2) is 9.28 Å². The summed E-state index contributed by atoms with van der Waals surface area (Å²) in [6.45, 7) is 1.87. The van der Waals surface area contributed by atoms with Crippen molar-refractivity contribution in [1.82, 2.24) is 0 Å². The molecule has 0 amide bonds. The number of aryl methyl sites for hydroxylation is 1. The molecule has 5 heteroatoms. The number of benzene rings is 1. The van der Waals surface area contributed by atoms with E-state index in [9.17, 15) is 4.39 Å². The number of rotatable bonds is 2. The van der Waals surface area contributed by atoms with E-state index in [1.165, 1.54) is 18.6 Å². The van der Waals surface area contributed by atoms with Crippen LogP contribution >= 0.6 is 0 Å². The van der Waals surface area contributed by atoms with Crippen LogP contribution in [-0.2, 0) is 25.0 Å². The lowest BCUT2D eigenvalue weighted by molar-refractivity contribution is -0.559. The molecular weight excluding hydrogens is 299 g/mol. The Morgan fingerprint density at radius 3 is 2.83 bits per heavy atom.